The maximum absolute atomic E-state index is 12.7. The van der Waals surface area contributed by atoms with Gasteiger partial charge >= 0.3 is 0 Å². The van der Waals surface area contributed by atoms with Gasteiger partial charge in [0, 0.05) is 43.5 Å². The molecule has 110 valence electrons. The van der Waals surface area contributed by atoms with E-state index >= 15 is 0 Å². The summed E-state index contributed by atoms with van der Waals surface area (Å²) in [7, 11) is 1.91. The Bertz CT molecular complexity index is 677. The van der Waals surface area contributed by atoms with Crippen molar-refractivity contribution in [1.29, 1.82) is 0 Å². The fourth-order valence-electron chi connectivity index (χ4n) is 2.91. The van der Waals surface area contributed by atoms with E-state index in [9.17, 15) is 4.79 Å². The van der Waals surface area contributed by atoms with Gasteiger partial charge in [-0.3, -0.25) is 9.48 Å². The van der Waals surface area contributed by atoms with Gasteiger partial charge in [-0.15, -0.1) is 0 Å². The van der Waals surface area contributed by atoms with Crippen LogP contribution in [0.2, 0.25) is 0 Å². The van der Waals surface area contributed by atoms with Crippen LogP contribution in [0.3, 0.4) is 0 Å². The fourth-order valence-corrected chi connectivity index (χ4v) is 2.91. The van der Waals surface area contributed by atoms with E-state index < -0.39 is 0 Å². The molecule has 3 rings (SSSR count). The minimum absolute atomic E-state index is 0.0752. The first-order chi connectivity index (χ1) is 10.0. The van der Waals surface area contributed by atoms with Gasteiger partial charge in [-0.2, -0.15) is 5.10 Å². The van der Waals surface area contributed by atoms with E-state index in [0.717, 1.165) is 25.1 Å². The van der Waals surface area contributed by atoms with Gasteiger partial charge in [-0.1, -0.05) is 6.07 Å². The molecule has 1 amide bonds. The number of hydrogen-bond donors (Lipinski definition) is 1. The first-order valence-corrected chi connectivity index (χ1v) is 7.18. The highest BCUT2D eigenvalue weighted by Gasteiger charge is 2.29. The second-order valence-corrected chi connectivity index (χ2v) is 5.76. The van der Waals surface area contributed by atoms with Crippen LogP contribution >= 0.6 is 0 Å². The van der Waals surface area contributed by atoms with E-state index in [1.165, 1.54) is 5.56 Å². The van der Waals surface area contributed by atoms with Crippen LogP contribution in [-0.4, -0.2) is 33.7 Å². The normalized spacial score (nSPS) is 18.2. The number of nitrogen functional groups attached to an aromatic ring is 1. The molecule has 5 nitrogen and oxygen atoms in total. The largest absolute Gasteiger partial charge is 0.399 e. The molecule has 1 atom stereocenters. The number of hydrogen-bond acceptors (Lipinski definition) is 3. The molecule has 0 aliphatic carbocycles. The monoisotopic (exact) mass is 284 g/mol. The molecule has 2 N–H and O–H groups in total. The zero-order chi connectivity index (χ0) is 15.0. The van der Waals surface area contributed by atoms with Gasteiger partial charge in [0.05, 0.1) is 6.20 Å². The molecule has 1 aliphatic rings. The van der Waals surface area contributed by atoms with Crippen molar-refractivity contribution < 1.29 is 4.79 Å². The van der Waals surface area contributed by atoms with Crippen molar-refractivity contribution in [3.8, 4) is 0 Å². The molecule has 2 heterocycles. The number of anilines is 1. The number of likely N-dealkylation sites (tertiary alicyclic amines) is 1. The van der Waals surface area contributed by atoms with Gasteiger partial charge in [0.25, 0.3) is 5.91 Å². The van der Waals surface area contributed by atoms with E-state index in [0.29, 0.717) is 17.2 Å². The summed E-state index contributed by atoms with van der Waals surface area (Å²) in [6, 6.07) is 5.50. The van der Waals surface area contributed by atoms with Crippen molar-refractivity contribution >= 4 is 11.6 Å². The van der Waals surface area contributed by atoms with Crippen LogP contribution in [0.15, 0.2) is 30.6 Å². The summed E-state index contributed by atoms with van der Waals surface area (Å²) in [5.74, 6) is 0.454. The molecule has 1 saturated heterocycles. The predicted octanol–water partition coefficient (Wildman–Crippen LogP) is 1.94. The summed E-state index contributed by atoms with van der Waals surface area (Å²) in [5.41, 5.74) is 9.32. The first-order valence-electron chi connectivity index (χ1n) is 7.18. The zero-order valence-corrected chi connectivity index (χ0v) is 12.4. The molecule has 1 aliphatic heterocycles. The average Bonchev–Trinajstić information content (AvgIpc) is 3.09. The molecule has 21 heavy (non-hydrogen) atoms. The van der Waals surface area contributed by atoms with Crippen molar-refractivity contribution in [2.24, 2.45) is 7.05 Å². The lowest BCUT2D eigenvalue weighted by Gasteiger charge is -2.18. The smallest absolute Gasteiger partial charge is 0.254 e. The molecule has 0 spiro atoms. The van der Waals surface area contributed by atoms with E-state index in [1.807, 2.05) is 48.1 Å². The van der Waals surface area contributed by atoms with Crippen molar-refractivity contribution in [2.75, 3.05) is 18.8 Å². The van der Waals surface area contributed by atoms with Gasteiger partial charge in [0.15, 0.2) is 0 Å². The van der Waals surface area contributed by atoms with Crippen molar-refractivity contribution in [3.63, 3.8) is 0 Å². The van der Waals surface area contributed by atoms with Crippen LogP contribution in [0.1, 0.15) is 33.8 Å². The minimum atomic E-state index is 0.0752. The van der Waals surface area contributed by atoms with E-state index in [4.69, 9.17) is 5.73 Å². The number of nitrogens with two attached hydrogens (primary N) is 1. The van der Waals surface area contributed by atoms with Crippen LogP contribution in [-0.2, 0) is 7.05 Å². The molecule has 0 saturated carbocycles. The zero-order valence-electron chi connectivity index (χ0n) is 12.4. The molecule has 0 bridgehead atoms. The standard InChI is InChI=1S/C16H20N4O/c1-11-3-4-14(17)7-15(11)16(21)20-6-5-12(10-20)13-8-18-19(2)9-13/h3-4,7-9,12H,5-6,10,17H2,1-2H3. The Morgan fingerprint density at radius 2 is 2.24 bits per heavy atom. The number of carbonyl (C=O) groups is 1. The van der Waals surface area contributed by atoms with Crippen LogP contribution < -0.4 is 5.73 Å². The highest BCUT2D eigenvalue weighted by atomic mass is 16.2. The Hall–Kier alpha value is -2.30. The SMILES string of the molecule is Cc1ccc(N)cc1C(=O)N1CCC(c2cnn(C)c2)C1. The van der Waals surface area contributed by atoms with Crippen molar-refractivity contribution in [1.82, 2.24) is 14.7 Å². The molecule has 2 aromatic rings. The maximum Gasteiger partial charge on any atom is 0.254 e. The van der Waals surface area contributed by atoms with Crippen LogP contribution in [0.4, 0.5) is 5.69 Å². The van der Waals surface area contributed by atoms with Gasteiger partial charge in [0.2, 0.25) is 0 Å². The number of amides is 1. The van der Waals surface area contributed by atoms with Gasteiger partial charge in [-0.05, 0) is 36.6 Å². The van der Waals surface area contributed by atoms with Gasteiger partial charge in [0.1, 0.15) is 0 Å². The summed E-state index contributed by atoms with van der Waals surface area (Å²) >= 11 is 0. The number of carbonyl (C=O) groups excluding carboxylic acids is 1. The second kappa shape index (κ2) is 5.24. The summed E-state index contributed by atoms with van der Waals surface area (Å²) in [6.07, 6.45) is 4.91. The highest BCUT2D eigenvalue weighted by molar-refractivity contribution is 5.96. The lowest BCUT2D eigenvalue weighted by Crippen LogP contribution is -2.29. The summed E-state index contributed by atoms with van der Waals surface area (Å²) < 4.78 is 1.81. The van der Waals surface area contributed by atoms with Crippen LogP contribution in [0.25, 0.3) is 0 Å². The first kappa shape index (κ1) is 13.7. The third-order valence-corrected chi connectivity index (χ3v) is 4.16. The predicted molar refractivity (Wildman–Crippen MR) is 82.1 cm³/mol. The third kappa shape index (κ3) is 2.63. The highest BCUT2D eigenvalue weighted by Crippen LogP contribution is 2.28. The molecule has 1 unspecified atom stereocenters. The van der Waals surface area contributed by atoms with E-state index in [2.05, 4.69) is 5.10 Å². The third-order valence-electron chi connectivity index (χ3n) is 4.16. The topological polar surface area (TPSA) is 64.2 Å². The van der Waals surface area contributed by atoms with Crippen molar-refractivity contribution in [2.45, 2.75) is 19.3 Å². The number of aryl methyl sites for hydroxylation is 2. The quantitative estimate of drug-likeness (QED) is 0.857. The minimum Gasteiger partial charge on any atom is -0.399 e. The molecular weight excluding hydrogens is 264 g/mol. The number of rotatable bonds is 2. The number of benzene rings is 1. The maximum atomic E-state index is 12.7. The summed E-state index contributed by atoms with van der Waals surface area (Å²) in [5, 5.41) is 4.21. The molecule has 1 aromatic heterocycles. The van der Waals surface area contributed by atoms with E-state index in [-0.39, 0.29) is 5.91 Å². The Kier molecular flexibility index (Phi) is 3.41. The second-order valence-electron chi connectivity index (χ2n) is 5.76. The fraction of sp³-hybridized carbons (Fsp3) is 0.375. The number of aromatic nitrogens is 2. The lowest BCUT2D eigenvalue weighted by atomic mass is 10.0. The average molecular weight is 284 g/mol. The van der Waals surface area contributed by atoms with Crippen LogP contribution in [0.5, 0.6) is 0 Å². The Morgan fingerprint density at radius 3 is 2.95 bits per heavy atom. The summed E-state index contributed by atoms with van der Waals surface area (Å²) in [4.78, 5) is 14.6. The molecule has 0 radical (unpaired) electrons. The molecule has 1 fully saturated rings. The van der Waals surface area contributed by atoms with Crippen LogP contribution in [0, 0.1) is 6.92 Å². The summed E-state index contributed by atoms with van der Waals surface area (Å²) in [6.45, 7) is 3.48. The molecule has 1 aromatic carbocycles. The molecule has 5 heteroatoms. The van der Waals surface area contributed by atoms with Crippen molar-refractivity contribution in [3.05, 3.63) is 47.3 Å². The van der Waals surface area contributed by atoms with Gasteiger partial charge in [-0.25, -0.2) is 0 Å². The number of nitrogens with zero attached hydrogens (tertiary/aromatic N) is 3. The lowest BCUT2D eigenvalue weighted by molar-refractivity contribution is 0.0790. The van der Waals surface area contributed by atoms with Gasteiger partial charge < -0.3 is 10.6 Å². The Balaban J connectivity index is 1.76. The molecular formula is C16H20N4O. The Labute approximate surface area is 124 Å². The van der Waals surface area contributed by atoms with E-state index in [1.54, 1.807) is 6.07 Å². The Morgan fingerprint density at radius 1 is 1.43 bits per heavy atom.